The molecule has 158 valence electrons. The number of nitrogens with one attached hydrogen (secondary N) is 2. The topological polar surface area (TPSA) is 142 Å². The Morgan fingerprint density at radius 1 is 1.20 bits per heavy atom. The zero-order valence-corrected chi connectivity index (χ0v) is 17.8. The number of benzene rings is 1. The Hall–Kier alpha value is -3.54. The van der Waals surface area contributed by atoms with Crippen LogP contribution in [0.1, 0.15) is 18.3 Å². The van der Waals surface area contributed by atoms with E-state index in [1.807, 2.05) is 19.9 Å². The largest absolute Gasteiger partial charge is 0.495 e. The minimum atomic E-state index is -0.297. The van der Waals surface area contributed by atoms with E-state index < -0.39 is 0 Å². The minimum Gasteiger partial charge on any atom is -0.495 e. The summed E-state index contributed by atoms with van der Waals surface area (Å²) in [5, 5.41) is 18.2. The smallest absolute Gasteiger partial charge is 0.271 e. The highest BCUT2D eigenvalue weighted by Crippen LogP contribution is 2.28. The van der Waals surface area contributed by atoms with Crippen molar-refractivity contribution >= 4 is 35.0 Å². The van der Waals surface area contributed by atoms with Crippen molar-refractivity contribution in [3.63, 3.8) is 0 Å². The Kier molecular flexibility index (Phi) is 6.26. The standard InChI is InChI=1S/C18H22N8O3S/c1-10-7-11(2)26(24-10)17-22-23-18(25(17)19)30-9-16(28)21-14-8-13(20-12(3)27)5-6-15(14)29-4/h5-8H,9,19H2,1-4H3,(H,20,27)(H,21,28). The maximum Gasteiger partial charge on any atom is 0.271 e. The van der Waals surface area contributed by atoms with Gasteiger partial charge in [-0.2, -0.15) is 5.10 Å². The highest BCUT2D eigenvalue weighted by Gasteiger charge is 2.17. The van der Waals surface area contributed by atoms with Gasteiger partial charge in [-0.3, -0.25) is 9.59 Å². The van der Waals surface area contributed by atoms with Gasteiger partial charge >= 0.3 is 0 Å². The lowest BCUT2D eigenvalue weighted by molar-refractivity contribution is -0.114. The van der Waals surface area contributed by atoms with Crippen molar-refractivity contribution in [2.75, 3.05) is 29.3 Å². The molecule has 2 aromatic heterocycles. The lowest BCUT2D eigenvalue weighted by Gasteiger charge is -2.12. The molecule has 0 atom stereocenters. The number of carbonyl (C=O) groups is 2. The maximum absolute atomic E-state index is 12.4. The molecule has 0 saturated carbocycles. The zero-order chi connectivity index (χ0) is 21.8. The molecule has 0 fully saturated rings. The number of nitrogens with two attached hydrogens (primary N) is 1. The van der Waals surface area contributed by atoms with Gasteiger partial charge < -0.3 is 21.2 Å². The van der Waals surface area contributed by atoms with Crippen LogP contribution in [-0.4, -0.2) is 49.3 Å². The van der Waals surface area contributed by atoms with Gasteiger partial charge in [0.1, 0.15) is 5.75 Å². The van der Waals surface area contributed by atoms with Crippen LogP contribution in [0.4, 0.5) is 11.4 Å². The number of hydrogen-bond acceptors (Lipinski definition) is 8. The predicted octanol–water partition coefficient (Wildman–Crippen LogP) is 1.49. The molecule has 1 aromatic carbocycles. The molecule has 0 unspecified atom stereocenters. The van der Waals surface area contributed by atoms with Gasteiger partial charge in [0.25, 0.3) is 5.95 Å². The second-order valence-corrected chi connectivity index (χ2v) is 7.37. The Labute approximate surface area is 177 Å². The number of carbonyl (C=O) groups excluding carboxylic acids is 2. The summed E-state index contributed by atoms with van der Waals surface area (Å²) in [7, 11) is 1.50. The van der Waals surface area contributed by atoms with E-state index in [9.17, 15) is 9.59 Å². The second kappa shape index (κ2) is 8.86. The molecule has 0 spiro atoms. The van der Waals surface area contributed by atoms with Crippen LogP contribution >= 0.6 is 11.8 Å². The summed E-state index contributed by atoms with van der Waals surface area (Å²) in [6.07, 6.45) is 0. The van der Waals surface area contributed by atoms with Crippen LogP contribution < -0.4 is 21.2 Å². The monoisotopic (exact) mass is 430 g/mol. The van der Waals surface area contributed by atoms with Gasteiger partial charge in [-0.15, -0.1) is 10.2 Å². The molecule has 12 heteroatoms. The molecule has 30 heavy (non-hydrogen) atoms. The first-order chi connectivity index (χ1) is 14.3. The Morgan fingerprint density at radius 3 is 2.60 bits per heavy atom. The van der Waals surface area contributed by atoms with Gasteiger partial charge in [0, 0.05) is 18.3 Å². The predicted molar refractivity (Wildman–Crippen MR) is 113 cm³/mol. The first kappa shape index (κ1) is 21.2. The van der Waals surface area contributed by atoms with Gasteiger partial charge in [-0.1, -0.05) is 11.8 Å². The van der Waals surface area contributed by atoms with Gasteiger partial charge in [0.05, 0.1) is 24.2 Å². The SMILES string of the molecule is COc1ccc(NC(C)=O)cc1NC(=O)CSc1nnc(-n2nc(C)cc2C)n1N. The van der Waals surface area contributed by atoms with E-state index in [1.165, 1.54) is 18.7 Å². The van der Waals surface area contributed by atoms with E-state index >= 15 is 0 Å². The third-order valence-corrected chi connectivity index (χ3v) is 4.91. The summed E-state index contributed by atoms with van der Waals surface area (Å²) in [5.41, 5.74) is 2.68. The van der Waals surface area contributed by atoms with Gasteiger partial charge in [0.2, 0.25) is 17.0 Å². The lowest BCUT2D eigenvalue weighted by atomic mass is 10.2. The number of aromatic nitrogens is 5. The second-order valence-electron chi connectivity index (χ2n) is 6.42. The van der Waals surface area contributed by atoms with E-state index in [0.717, 1.165) is 23.1 Å². The molecular formula is C18H22N8O3S. The zero-order valence-electron chi connectivity index (χ0n) is 17.0. The average Bonchev–Trinajstić information content (AvgIpc) is 3.20. The van der Waals surface area contributed by atoms with Gasteiger partial charge in [-0.05, 0) is 38.1 Å². The number of nitrogens with zero attached hydrogens (tertiary/aromatic N) is 5. The number of anilines is 2. The highest BCUT2D eigenvalue weighted by molar-refractivity contribution is 7.99. The summed E-state index contributed by atoms with van der Waals surface area (Å²) in [6.45, 7) is 5.16. The van der Waals surface area contributed by atoms with Crippen LogP contribution in [0.25, 0.3) is 5.95 Å². The molecular weight excluding hydrogens is 408 g/mol. The Bertz CT molecular complexity index is 1090. The van der Waals surface area contributed by atoms with E-state index in [1.54, 1.807) is 22.9 Å². The summed E-state index contributed by atoms with van der Waals surface area (Å²) in [5.74, 6) is 6.44. The van der Waals surface area contributed by atoms with Crippen molar-refractivity contribution in [3.8, 4) is 11.7 Å². The van der Waals surface area contributed by atoms with Crippen molar-refractivity contribution in [2.45, 2.75) is 25.9 Å². The van der Waals surface area contributed by atoms with Crippen molar-refractivity contribution in [3.05, 3.63) is 35.7 Å². The lowest BCUT2D eigenvalue weighted by Crippen LogP contribution is -2.19. The number of thioether (sulfide) groups is 1. The maximum atomic E-state index is 12.4. The van der Waals surface area contributed by atoms with Crippen LogP contribution in [0.2, 0.25) is 0 Å². The van der Waals surface area contributed by atoms with E-state index in [-0.39, 0.29) is 17.6 Å². The van der Waals surface area contributed by atoms with Crippen LogP contribution in [0, 0.1) is 13.8 Å². The number of methoxy groups -OCH3 is 1. The number of hydrogen-bond donors (Lipinski definition) is 3. The third-order valence-electron chi connectivity index (χ3n) is 3.97. The number of aryl methyl sites for hydroxylation is 2. The first-order valence-electron chi connectivity index (χ1n) is 8.91. The minimum absolute atomic E-state index is 0.0416. The summed E-state index contributed by atoms with van der Waals surface area (Å²) < 4.78 is 8.14. The molecule has 0 aliphatic heterocycles. The first-order valence-corrected chi connectivity index (χ1v) is 9.89. The molecule has 0 radical (unpaired) electrons. The highest BCUT2D eigenvalue weighted by atomic mass is 32.2. The van der Waals surface area contributed by atoms with E-state index in [4.69, 9.17) is 10.6 Å². The number of rotatable bonds is 7. The fourth-order valence-corrected chi connectivity index (χ4v) is 3.40. The number of amides is 2. The van der Waals surface area contributed by atoms with Crippen LogP contribution in [-0.2, 0) is 9.59 Å². The molecule has 2 heterocycles. The van der Waals surface area contributed by atoms with E-state index in [2.05, 4.69) is 25.9 Å². The normalized spacial score (nSPS) is 10.7. The van der Waals surface area contributed by atoms with Crippen LogP contribution in [0.3, 0.4) is 0 Å². The van der Waals surface area contributed by atoms with E-state index in [0.29, 0.717) is 28.2 Å². The summed E-state index contributed by atoms with van der Waals surface area (Å²) in [6, 6.07) is 6.86. The third kappa shape index (κ3) is 4.71. The van der Waals surface area contributed by atoms with Crippen molar-refractivity contribution < 1.29 is 14.3 Å². The number of nitrogen functional groups attached to an aromatic ring is 1. The molecule has 0 bridgehead atoms. The van der Waals surface area contributed by atoms with Crippen molar-refractivity contribution in [2.24, 2.45) is 0 Å². The molecule has 11 nitrogen and oxygen atoms in total. The molecule has 3 rings (SSSR count). The van der Waals surface area contributed by atoms with Crippen LogP contribution in [0.5, 0.6) is 5.75 Å². The molecule has 0 saturated heterocycles. The van der Waals surface area contributed by atoms with Crippen molar-refractivity contribution in [1.29, 1.82) is 0 Å². The average molecular weight is 430 g/mol. The Balaban J connectivity index is 1.68. The quantitative estimate of drug-likeness (QED) is 0.378. The molecule has 2 amide bonds. The van der Waals surface area contributed by atoms with Crippen LogP contribution in [0.15, 0.2) is 29.4 Å². The fourth-order valence-electron chi connectivity index (χ4n) is 2.75. The molecule has 3 aromatic rings. The molecule has 4 N–H and O–H groups in total. The molecule has 0 aliphatic carbocycles. The fraction of sp³-hybridized carbons (Fsp3) is 0.278. The molecule has 0 aliphatic rings. The van der Waals surface area contributed by atoms with Gasteiger partial charge in [0.15, 0.2) is 0 Å². The van der Waals surface area contributed by atoms with Crippen molar-refractivity contribution in [1.82, 2.24) is 24.7 Å². The Morgan fingerprint density at radius 2 is 1.97 bits per heavy atom. The van der Waals surface area contributed by atoms with Gasteiger partial charge in [-0.25, -0.2) is 9.36 Å². The summed E-state index contributed by atoms with van der Waals surface area (Å²) >= 11 is 1.13. The number of ether oxygens (including phenoxy) is 1. The summed E-state index contributed by atoms with van der Waals surface area (Å²) in [4.78, 5) is 23.7.